The lowest BCUT2D eigenvalue weighted by Gasteiger charge is -2.30. The molecule has 0 aromatic heterocycles. The van der Waals surface area contributed by atoms with Crippen LogP contribution in [0.15, 0.2) is 47.6 Å². The number of carbonyl (C=O) groups is 2. The Balaban J connectivity index is 2.06. The lowest BCUT2D eigenvalue weighted by molar-refractivity contribution is -0.198. The van der Waals surface area contributed by atoms with E-state index in [-0.39, 0.29) is 0 Å². The number of esters is 2. The van der Waals surface area contributed by atoms with Crippen LogP contribution < -0.4 is 0 Å². The van der Waals surface area contributed by atoms with Gasteiger partial charge in [-0.1, -0.05) is 18.7 Å². The Hall–Kier alpha value is -2.18. The predicted molar refractivity (Wildman–Crippen MR) is 98.6 cm³/mol. The van der Waals surface area contributed by atoms with E-state index in [4.69, 9.17) is 18.9 Å². The van der Waals surface area contributed by atoms with Crippen LogP contribution in [-0.4, -0.2) is 42.6 Å². The Morgan fingerprint density at radius 1 is 1.37 bits per heavy atom. The molecule has 0 N–H and O–H groups in total. The van der Waals surface area contributed by atoms with E-state index in [0.717, 1.165) is 11.1 Å². The molecule has 3 aliphatic heterocycles. The highest BCUT2D eigenvalue weighted by molar-refractivity contribution is 5.91. The molecule has 3 rings (SSSR count). The predicted octanol–water partition coefficient (Wildman–Crippen LogP) is 3.00. The zero-order valence-corrected chi connectivity index (χ0v) is 16.2. The molecule has 146 valence electrons. The third kappa shape index (κ3) is 3.51. The highest BCUT2D eigenvalue weighted by Gasteiger charge is 2.54. The van der Waals surface area contributed by atoms with Gasteiger partial charge in [-0.25, -0.2) is 9.59 Å². The molecule has 5 atom stereocenters. The third-order valence-electron chi connectivity index (χ3n) is 5.10. The van der Waals surface area contributed by atoms with Crippen LogP contribution in [0.5, 0.6) is 0 Å². The van der Waals surface area contributed by atoms with Gasteiger partial charge in [0.2, 0.25) is 5.79 Å². The topological polar surface area (TPSA) is 71.1 Å². The zero-order chi connectivity index (χ0) is 19.9. The molecule has 1 saturated heterocycles. The second kappa shape index (κ2) is 7.09. The molecule has 0 aliphatic carbocycles. The van der Waals surface area contributed by atoms with Gasteiger partial charge in [-0.05, 0) is 45.4 Å². The van der Waals surface area contributed by atoms with Crippen molar-refractivity contribution in [2.75, 3.05) is 6.61 Å². The van der Waals surface area contributed by atoms with Crippen LogP contribution in [0.1, 0.15) is 34.1 Å². The maximum absolute atomic E-state index is 12.3. The van der Waals surface area contributed by atoms with Crippen LogP contribution in [0.3, 0.4) is 0 Å². The highest BCUT2D eigenvalue weighted by Crippen LogP contribution is 2.44. The fourth-order valence-corrected chi connectivity index (χ4v) is 3.96. The number of fused-ring (bicyclic) bond motifs is 4. The molecule has 1 fully saturated rings. The molecule has 0 saturated carbocycles. The van der Waals surface area contributed by atoms with Crippen molar-refractivity contribution in [2.24, 2.45) is 5.92 Å². The second-order valence-corrected chi connectivity index (χ2v) is 7.42. The summed E-state index contributed by atoms with van der Waals surface area (Å²) in [5, 5.41) is 0. The average molecular weight is 374 g/mol. The van der Waals surface area contributed by atoms with Crippen molar-refractivity contribution in [3.05, 3.63) is 47.6 Å². The standard InChI is InChI=1S/C21H26O6/c1-7-24-21-9-12(4)8-15(25-19(22)11(2)3)16-14(6)20(23)26-18(16)17(27-21)13(5)10-21/h9-10,15-18H,2,6-8H2,1,3-5H3/b12-9-/t15-,16+,17-,18-,21+/m0/s1. The Morgan fingerprint density at radius 2 is 2.07 bits per heavy atom. The summed E-state index contributed by atoms with van der Waals surface area (Å²) in [6.07, 6.45) is 2.48. The number of carbonyl (C=O) groups excluding carboxylic acids is 2. The van der Waals surface area contributed by atoms with Gasteiger partial charge in [0.15, 0.2) is 0 Å². The van der Waals surface area contributed by atoms with Gasteiger partial charge < -0.3 is 18.9 Å². The normalized spacial score (nSPS) is 37.2. The summed E-state index contributed by atoms with van der Waals surface area (Å²) in [6.45, 7) is 15.3. The van der Waals surface area contributed by atoms with Crippen molar-refractivity contribution in [2.45, 2.75) is 58.2 Å². The Morgan fingerprint density at radius 3 is 2.70 bits per heavy atom. The van der Waals surface area contributed by atoms with E-state index in [1.54, 1.807) is 6.92 Å². The van der Waals surface area contributed by atoms with E-state index in [1.165, 1.54) is 0 Å². The zero-order valence-electron chi connectivity index (χ0n) is 16.2. The molecule has 0 aromatic carbocycles. The van der Waals surface area contributed by atoms with E-state index in [0.29, 0.717) is 24.2 Å². The van der Waals surface area contributed by atoms with Gasteiger partial charge in [-0.2, -0.15) is 0 Å². The molecule has 0 radical (unpaired) electrons. The summed E-state index contributed by atoms with van der Waals surface area (Å²) in [6, 6.07) is 0. The molecule has 6 nitrogen and oxygen atoms in total. The van der Waals surface area contributed by atoms with Crippen molar-refractivity contribution in [1.29, 1.82) is 0 Å². The lowest BCUT2D eigenvalue weighted by Crippen LogP contribution is -2.42. The molecule has 0 amide bonds. The van der Waals surface area contributed by atoms with Gasteiger partial charge in [0.05, 0.1) is 5.92 Å². The minimum absolute atomic E-state index is 0.291. The van der Waals surface area contributed by atoms with Crippen LogP contribution in [0.2, 0.25) is 0 Å². The number of ether oxygens (including phenoxy) is 4. The summed E-state index contributed by atoms with van der Waals surface area (Å²) in [5.41, 5.74) is 2.40. The van der Waals surface area contributed by atoms with E-state index in [2.05, 4.69) is 13.2 Å². The summed E-state index contributed by atoms with van der Waals surface area (Å²) in [4.78, 5) is 24.5. The van der Waals surface area contributed by atoms with Crippen LogP contribution in [-0.2, 0) is 28.5 Å². The molecular weight excluding hydrogens is 348 g/mol. The van der Waals surface area contributed by atoms with E-state index in [9.17, 15) is 9.59 Å². The molecule has 0 aromatic rings. The van der Waals surface area contributed by atoms with E-state index < -0.39 is 42.0 Å². The summed E-state index contributed by atoms with van der Waals surface area (Å²) >= 11 is 0. The summed E-state index contributed by atoms with van der Waals surface area (Å²) < 4.78 is 23.4. The van der Waals surface area contributed by atoms with Crippen LogP contribution in [0.25, 0.3) is 0 Å². The molecule has 3 aliphatic rings. The maximum Gasteiger partial charge on any atom is 0.334 e. The van der Waals surface area contributed by atoms with E-state index in [1.807, 2.05) is 32.9 Å². The first kappa shape index (κ1) is 19.6. The first-order valence-corrected chi connectivity index (χ1v) is 9.13. The third-order valence-corrected chi connectivity index (χ3v) is 5.10. The first-order valence-electron chi connectivity index (χ1n) is 9.13. The molecule has 6 heteroatoms. The largest absolute Gasteiger partial charge is 0.458 e. The Bertz CT molecular complexity index is 761. The molecular formula is C21H26O6. The molecule has 0 unspecified atom stereocenters. The quantitative estimate of drug-likeness (QED) is 0.428. The second-order valence-electron chi connectivity index (χ2n) is 7.42. The van der Waals surface area contributed by atoms with Crippen LogP contribution in [0.4, 0.5) is 0 Å². The highest BCUT2D eigenvalue weighted by atomic mass is 16.7. The Labute approximate surface area is 159 Å². The number of hydrogen-bond acceptors (Lipinski definition) is 6. The van der Waals surface area contributed by atoms with E-state index >= 15 is 0 Å². The summed E-state index contributed by atoms with van der Waals surface area (Å²) in [5.74, 6) is -2.51. The van der Waals surface area contributed by atoms with Crippen molar-refractivity contribution in [3.8, 4) is 0 Å². The SMILES string of the molecule is C=C(C)C(=O)O[C@H]1C/C(C)=C\[C@]2(OCC)C=C(C)[C@H](O2)[C@H]2OC(=O)C(=C)[C@@H]21. The van der Waals surface area contributed by atoms with Crippen molar-refractivity contribution >= 4 is 11.9 Å². The minimum Gasteiger partial charge on any atom is -0.458 e. The van der Waals surface area contributed by atoms with Crippen molar-refractivity contribution < 1.29 is 28.5 Å². The molecule has 0 spiro atoms. The van der Waals surface area contributed by atoms with Crippen molar-refractivity contribution in [1.82, 2.24) is 0 Å². The molecule has 27 heavy (non-hydrogen) atoms. The molecule has 3 heterocycles. The van der Waals surface area contributed by atoms with Crippen LogP contribution in [0, 0.1) is 5.92 Å². The Kier molecular flexibility index (Phi) is 5.14. The average Bonchev–Trinajstić information content (AvgIpc) is 3.04. The van der Waals surface area contributed by atoms with Gasteiger partial charge in [-0.3, -0.25) is 0 Å². The maximum atomic E-state index is 12.3. The first-order chi connectivity index (χ1) is 12.7. The molecule has 2 bridgehead atoms. The van der Waals surface area contributed by atoms with Gasteiger partial charge in [0, 0.05) is 24.2 Å². The van der Waals surface area contributed by atoms with Gasteiger partial charge >= 0.3 is 11.9 Å². The number of hydrogen-bond donors (Lipinski definition) is 0. The number of rotatable bonds is 4. The minimum atomic E-state index is -1.01. The van der Waals surface area contributed by atoms with Crippen LogP contribution >= 0.6 is 0 Å². The van der Waals surface area contributed by atoms with Crippen molar-refractivity contribution in [3.63, 3.8) is 0 Å². The van der Waals surface area contributed by atoms with Gasteiger partial charge in [-0.15, -0.1) is 0 Å². The fourth-order valence-electron chi connectivity index (χ4n) is 3.96. The van der Waals surface area contributed by atoms with Gasteiger partial charge in [0.1, 0.15) is 18.3 Å². The summed E-state index contributed by atoms with van der Waals surface area (Å²) in [7, 11) is 0. The fraction of sp³-hybridized carbons (Fsp3) is 0.524. The van der Waals surface area contributed by atoms with Gasteiger partial charge in [0.25, 0.3) is 0 Å². The monoisotopic (exact) mass is 374 g/mol. The lowest BCUT2D eigenvalue weighted by atomic mass is 9.83. The smallest absolute Gasteiger partial charge is 0.334 e.